The molecule has 0 N–H and O–H groups in total. The van der Waals surface area contributed by atoms with E-state index in [-0.39, 0.29) is 5.92 Å². The van der Waals surface area contributed by atoms with Crippen LogP contribution >= 0.6 is 0 Å². The number of benzene rings is 2. The van der Waals surface area contributed by atoms with E-state index in [0.29, 0.717) is 0 Å². The van der Waals surface area contributed by atoms with Gasteiger partial charge in [-0.25, -0.2) is 0 Å². The summed E-state index contributed by atoms with van der Waals surface area (Å²) in [5.41, 5.74) is 1.95. The maximum Gasteiger partial charge on any atom is 0.0693 e. The van der Waals surface area contributed by atoms with Crippen LogP contribution in [-0.2, 0) is 0 Å². The second-order valence-corrected chi connectivity index (χ2v) is 5.09. The van der Waals surface area contributed by atoms with Gasteiger partial charge in [0, 0.05) is 5.92 Å². The fourth-order valence-corrected chi connectivity index (χ4v) is 2.38. The maximum absolute atomic E-state index is 9.44. The van der Waals surface area contributed by atoms with E-state index < -0.39 is 5.41 Å². The molecule has 0 saturated heterocycles. The van der Waals surface area contributed by atoms with Gasteiger partial charge in [0.15, 0.2) is 0 Å². The molecule has 0 radical (unpaired) electrons. The highest BCUT2D eigenvalue weighted by Crippen LogP contribution is 2.40. The van der Waals surface area contributed by atoms with Gasteiger partial charge in [0.05, 0.1) is 11.5 Å². The molecule has 0 aliphatic carbocycles. The molecule has 1 nitrogen and oxygen atoms in total. The summed E-state index contributed by atoms with van der Waals surface area (Å²) in [6.07, 6.45) is 0. The molecule has 90 valence electrons. The average molecular weight is 235 g/mol. The van der Waals surface area contributed by atoms with Crippen molar-refractivity contribution in [2.75, 3.05) is 0 Å². The van der Waals surface area contributed by atoms with Gasteiger partial charge < -0.3 is 0 Å². The summed E-state index contributed by atoms with van der Waals surface area (Å²) >= 11 is 0. The van der Waals surface area contributed by atoms with Crippen molar-refractivity contribution in [3.05, 3.63) is 71.8 Å². The molecule has 0 amide bonds. The molecule has 0 spiro atoms. The van der Waals surface area contributed by atoms with Crippen LogP contribution in [0.5, 0.6) is 0 Å². The van der Waals surface area contributed by atoms with Gasteiger partial charge in [-0.1, -0.05) is 60.7 Å². The first-order valence-electron chi connectivity index (χ1n) is 6.16. The highest BCUT2D eigenvalue weighted by atomic mass is 14.4. The third-order valence-corrected chi connectivity index (χ3v) is 3.28. The van der Waals surface area contributed by atoms with Gasteiger partial charge in [-0.05, 0) is 25.0 Å². The SMILES string of the molecule is CC(C)(C#N)C(c1ccccc1)c1ccccc1. The molecule has 2 aromatic rings. The third kappa shape index (κ3) is 2.43. The second kappa shape index (κ2) is 5.06. The Hall–Kier alpha value is -2.07. The van der Waals surface area contributed by atoms with E-state index in [1.807, 2.05) is 50.2 Å². The molecular formula is C17H17N. The van der Waals surface area contributed by atoms with Crippen LogP contribution in [0, 0.1) is 16.7 Å². The number of hydrogen-bond donors (Lipinski definition) is 0. The summed E-state index contributed by atoms with van der Waals surface area (Å²) in [6, 6.07) is 22.9. The van der Waals surface area contributed by atoms with Crippen molar-refractivity contribution < 1.29 is 0 Å². The van der Waals surface area contributed by atoms with E-state index >= 15 is 0 Å². The first kappa shape index (κ1) is 12.4. The van der Waals surface area contributed by atoms with E-state index in [1.54, 1.807) is 0 Å². The molecule has 1 heteroatoms. The zero-order valence-electron chi connectivity index (χ0n) is 10.8. The lowest BCUT2D eigenvalue weighted by Crippen LogP contribution is -2.21. The zero-order chi connectivity index (χ0) is 13.0. The van der Waals surface area contributed by atoms with Crippen LogP contribution in [0.3, 0.4) is 0 Å². The molecule has 2 aromatic carbocycles. The normalized spacial score (nSPS) is 11.2. The minimum Gasteiger partial charge on any atom is -0.198 e. The van der Waals surface area contributed by atoms with Crippen LogP contribution in [0.2, 0.25) is 0 Å². The van der Waals surface area contributed by atoms with Gasteiger partial charge in [-0.3, -0.25) is 0 Å². The Morgan fingerprint density at radius 3 is 1.56 bits per heavy atom. The summed E-state index contributed by atoms with van der Waals surface area (Å²) in [5, 5.41) is 9.44. The van der Waals surface area contributed by atoms with Crippen LogP contribution in [0.1, 0.15) is 30.9 Å². The Morgan fingerprint density at radius 1 is 0.833 bits per heavy atom. The summed E-state index contributed by atoms with van der Waals surface area (Å²) in [4.78, 5) is 0. The standard InChI is InChI=1S/C17H17N/c1-17(2,13-18)16(14-9-5-3-6-10-14)15-11-7-4-8-12-15/h3-12,16H,1-2H3. The molecule has 2 rings (SSSR count). The maximum atomic E-state index is 9.44. The Bertz CT molecular complexity index is 495. The molecule has 0 saturated carbocycles. The van der Waals surface area contributed by atoms with Crippen molar-refractivity contribution >= 4 is 0 Å². The molecule has 0 atom stereocenters. The molecule has 0 aliphatic heterocycles. The lowest BCUT2D eigenvalue weighted by molar-refractivity contribution is 0.431. The van der Waals surface area contributed by atoms with Gasteiger partial charge in [-0.2, -0.15) is 5.26 Å². The number of hydrogen-bond acceptors (Lipinski definition) is 1. The smallest absolute Gasteiger partial charge is 0.0693 e. The van der Waals surface area contributed by atoms with Crippen LogP contribution < -0.4 is 0 Å². The minimum absolute atomic E-state index is 0.102. The predicted molar refractivity (Wildman–Crippen MR) is 74.1 cm³/mol. The number of nitrogens with zero attached hydrogens (tertiary/aromatic N) is 1. The zero-order valence-corrected chi connectivity index (χ0v) is 10.8. The molecule has 0 fully saturated rings. The largest absolute Gasteiger partial charge is 0.198 e. The van der Waals surface area contributed by atoms with Crippen LogP contribution in [0.15, 0.2) is 60.7 Å². The Morgan fingerprint density at radius 2 is 1.22 bits per heavy atom. The van der Waals surface area contributed by atoms with E-state index in [0.717, 1.165) is 0 Å². The van der Waals surface area contributed by atoms with Crippen LogP contribution in [-0.4, -0.2) is 0 Å². The van der Waals surface area contributed by atoms with Crippen molar-refractivity contribution in [2.24, 2.45) is 5.41 Å². The fourth-order valence-electron chi connectivity index (χ4n) is 2.38. The first-order valence-corrected chi connectivity index (χ1v) is 6.16. The first-order chi connectivity index (χ1) is 8.65. The monoisotopic (exact) mass is 235 g/mol. The number of nitriles is 1. The highest BCUT2D eigenvalue weighted by Gasteiger charge is 2.31. The summed E-state index contributed by atoms with van der Waals surface area (Å²) in [7, 11) is 0. The van der Waals surface area contributed by atoms with Crippen molar-refractivity contribution in [1.82, 2.24) is 0 Å². The van der Waals surface area contributed by atoms with Crippen molar-refractivity contribution in [2.45, 2.75) is 19.8 Å². The molecular weight excluding hydrogens is 218 g/mol. The van der Waals surface area contributed by atoms with E-state index in [2.05, 4.69) is 30.3 Å². The summed E-state index contributed by atoms with van der Waals surface area (Å²) in [6.45, 7) is 4.00. The van der Waals surface area contributed by atoms with Gasteiger partial charge >= 0.3 is 0 Å². The van der Waals surface area contributed by atoms with Crippen molar-refractivity contribution in [1.29, 1.82) is 5.26 Å². The Labute approximate surface area is 109 Å². The topological polar surface area (TPSA) is 23.8 Å². The third-order valence-electron chi connectivity index (χ3n) is 3.28. The minimum atomic E-state index is -0.428. The van der Waals surface area contributed by atoms with Gasteiger partial charge in [0.2, 0.25) is 0 Å². The Kier molecular flexibility index (Phi) is 3.48. The van der Waals surface area contributed by atoms with Gasteiger partial charge in [-0.15, -0.1) is 0 Å². The Balaban J connectivity index is 2.53. The quantitative estimate of drug-likeness (QED) is 0.775. The molecule has 18 heavy (non-hydrogen) atoms. The van der Waals surface area contributed by atoms with E-state index in [1.165, 1.54) is 11.1 Å². The fraction of sp³-hybridized carbons (Fsp3) is 0.235. The van der Waals surface area contributed by atoms with Crippen molar-refractivity contribution in [3.63, 3.8) is 0 Å². The lowest BCUT2D eigenvalue weighted by atomic mass is 9.72. The van der Waals surface area contributed by atoms with Gasteiger partial charge in [0.25, 0.3) is 0 Å². The van der Waals surface area contributed by atoms with Crippen LogP contribution in [0.4, 0.5) is 0 Å². The number of rotatable bonds is 3. The van der Waals surface area contributed by atoms with Gasteiger partial charge in [0.1, 0.15) is 0 Å². The molecule has 0 unspecified atom stereocenters. The highest BCUT2D eigenvalue weighted by molar-refractivity contribution is 5.36. The predicted octanol–water partition coefficient (Wildman–Crippen LogP) is 4.37. The average Bonchev–Trinajstić information content (AvgIpc) is 2.41. The van der Waals surface area contributed by atoms with Crippen LogP contribution in [0.25, 0.3) is 0 Å². The molecule has 0 aromatic heterocycles. The second-order valence-electron chi connectivity index (χ2n) is 5.09. The summed E-state index contributed by atoms with van der Waals surface area (Å²) < 4.78 is 0. The van der Waals surface area contributed by atoms with Crippen molar-refractivity contribution in [3.8, 4) is 6.07 Å². The lowest BCUT2D eigenvalue weighted by Gasteiger charge is -2.29. The van der Waals surface area contributed by atoms with E-state index in [9.17, 15) is 5.26 Å². The molecule has 0 bridgehead atoms. The summed E-state index contributed by atoms with van der Waals surface area (Å²) in [5.74, 6) is 0.102. The molecule has 0 heterocycles. The molecule has 0 aliphatic rings. The van der Waals surface area contributed by atoms with E-state index in [4.69, 9.17) is 0 Å².